The van der Waals surface area contributed by atoms with Crippen molar-refractivity contribution in [3.05, 3.63) is 0 Å². The van der Waals surface area contributed by atoms with Gasteiger partial charge in [-0.25, -0.2) is 0 Å². The zero-order chi connectivity index (χ0) is 12.2. The van der Waals surface area contributed by atoms with Gasteiger partial charge in [-0.15, -0.1) is 0 Å². The number of aliphatic hydroxyl groups is 1. The number of alkyl halides is 1. The van der Waals surface area contributed by atoms with E-state index in [9.17, 15) is 9.90 Å². The van der Waals surface area contributed by atoms with E-state index in [0.29, 0.717) is 6.54 Å². The molecular formula is C12H22BrNO2. The minimum atomic E-state index is -0.669. The normalized spacial score (nSPS) is 21.8. The van der Waals surface area contributed by atoms with Gasteiger partial charge in [0.05, 0.1) is 10.4 Å². The summed E-state index contributed by atoms with van der Waals surface area (Å²) in [5.74, 6) is 0.245. The van der Waals surface area contributed by atoms with Crippen LogP contribution in [-0.2, 0) is 4.79 Å². The molecule has 1 aliphatic carbocycles. The zero-order valence-electron chi connectivity index (χ0n) is 10.1. The maximum absolute atomic E-state index is 11.7. The fourth-order valence-electron chi connectivity index (χ4n) is 2.04. The van der Waals surface area contributed by atoms with Crippen LogP contribution in [0.3, 0.4) is 0 Å². The third-order valence-corrected chi connectivity index (χ3v) is 4.68. The van der Waals surface area contributed by atoms with Crippen LogP contribution in [0.5, 0.6) is 0 Å². The largest absolute Gasteiger partial charge is 0.388 e. The number of hydrogen-bond acceptors (Lipinski definition) is 2. The van der Waals surface area contributed by atoms with Crippen molar-refractivity contribution in [1.82, 2.24) is 5.32 Å². The van der Waals surface area contributed by atoms with Crippen LogP contribution >= 0.6 is 15.9 Å². The molecule has 1 aliphatic rings. The lowest BCUT2D eigenvalue weighted by Gasteiger charge is -2.32. The molecule has 1 atom stereocenters. The van der Waals surface area contributed by atoms with E-state index in [1.165, 1.54) is 6.42 Å². The van der Waals surface area contributed by atoms with Crippen molar-refractivity contribution in [1.29, 1.82) is 0 Å². The van der Waals surface area contributed by atoms with Crippen molar-refractivity contribution in [3.63, 3.8) is 0 Å². The summed E-state index contributed by atoms with van der Waals surface area (Å²) in [5, 5.41) is 13.0. The van der Waals surface area contributed by atoms with Crippen molar-refractivity contribution in [3.8, 4) is 0 Å². The second-order valence-corrected chi connectivity index (χ2v) is 6.14. The van der Waals surface area contributed by atoms with Gasteiger partial charge in [-0.05, 0) is 18.8 Å². The Morgan fingerprint density at radius 3 is 2.44 bits per heavy atom. The van der Waals surface area contributed by atoms with Gasteiger partial charge < -0.3 is 10.4 Å². The second-order valence-electron chi connectivity index (χ2n) is 5.15. The number of halogens is 1. The fourth-order valence-corrected chi connectivity index (χ4v) is 2.20. The van der Waals surface area contributed by atoms with Gasteiger partial charge in [-0.1, -0.05) is 49.0 Å². The van der Waals surface area contributed by atoms with Crippen molar-refractivity contribution < 1.29 is 9.90 Å². The van der Waals surface area contributed by atoms with Crippen molar-refractivity contribution in [2.45, 2.75) is 56.4 Å². The molecule has 0 heterocycles. The lowest BCUT2D eigenvalue weighted by atomic mass is 9.85. The maximum Gasteiger partial charge on any atom is 0.234 e. The van der Waals surface area contributed by atoms with Crippen LogP contribution in [0.25, 0.3) is 0 Å². The first-order valence-corrected chi connectivity index (χ1v) is 7.00. The molecule has 0 aromatic carbocycles. The Balaban J connectivity index is 2.35. The van der Waals surface area contributed by atoms with E-state index < -0.39 is 5.60 Å². The summed E-state index contributed by atoms with van der Waals surface area (Å²) < 4.78 is 0. The van der Waals surface area contributed by atoms with Gasteiger partial charge in [-0.2, -0.15) is 0 Å². The van der Waals surface area contributed by atoms with Crippen LogP contribution in [0.2, 0.25) is 0 Å². The third kappa shape index (κ3) is 4.06. The van der Waals surface area contributed by atoms with Gasteiger partial charge in [0, 0.05) is 6.54 Å². The molecule has 16 heavy (non-hydrogen) atoms. The topological polar surface area (TPSA) is 49.3 Å². The van der Waals surface area contributed by atoms with Gasteiger partial charge >= 0.3 is 0 Å². The number of carbonyl (C=O) groups is 1. The minimum Gasteiger partial charge on any atom is -0.388 e. The highest BCUT2D eigenvalue weighted by molar-refractivity contribution is 9.10. The Kier molecular flexibility index (Phi) is 5.25. The number of hydrogen-bond donors (Lipinski definition) is 2. The van der Waals surface area contributed by atoms with Gasteiger partial charge in [-0.3, -0.25) is 4.79 Å². The zero-order valence-corrected chi connectivity index (χ0v) is 11.7. The summed E-state index contributed by atoms with van der Waals surface area (Å²) in [7, 11) is 0. The number of rotatable bonds is 4. The number of carbonyl (C=O) groups excluding carboxylic acids is 1. The molecule has 1 amide bonds. The molecule has 0 bridgehead atoms. The lowest BCUT2D eigenvalue weighted by molar-refractivity contribution is -0.122. The first-order valence-electron chi connectivity index (χ1n) is 6.09. The highest BCUT2D eigenvalue weighted by Gasteiger charge is 2.30. The number of nitrogens with one attached hydrogen (secondary N) is 1. The highest BCUT2D eigenvalue weighted by atomic mass is 79.9. The van der Waals surface area contributed by atoms with Crippen LogP contribution in [-0.4, -0.2) is 28.0 Å². The van der Waals surface area contributed by atoms with Crippen molar-refractivity contribution in [2.24, 2.45) is 5.92 Å². The SMILES string of the molecule is CC(C)C(Br)C(=O)NCC1(O)CCCCC1. The molecule has 0 spiro atoms. The van der Waals surface area contributed by atoms with Crippen LogP contribution < -0.4 is 5.32 Å². The molecule has 1 unspecified atom stereocenters. The Morgan fingerprint density at radius 1 is 1.38 bits per heavy atom. The molecule has 1 rings (SSSR count). The highest BCUT2D eigenvalue weighted by Crippen LogP contribution is 2.27. The standard InChI is InChI=1S/C12H22BrNO2/c1-9(2)10(13)11(15)14-8-12(16)6-4-3-5-7-12/h9-10,16H,3-8H2,1-2H3,(H,14,15). The molecule has 1 saturated carbocycles. The van der Waals surface area contributed by atoms with Gasteiger partial charge in [0.15, 0.2) is 0 Å². The molecule has 4 heteroatoms. The molecule has 0 aromatic rings. The van der Waals surface area contributed by atoms with Gasteiger partial charge in [0.1, 0.15) is 0 Å². The van der Waals surface area contributed by atoms with Crippen molar-refractivity contribution >= 4 is 21.8 Å². The smallest absolute Gasteiger partial charge is 0.234 e. The molecule has 0 saturated heterocycles. The second kappa shape index (κ2) is 6.01. The predicted molar refractivity (Wildman–Crippen MR) is 68.6 cm³/mol. The third-order valence-electron chi connectivity index (χ3n) is 3.21. The lowest BCUT2D eigenvalue weighted by Crippen LogP contribution is -2.46. The summed E-state index contributed by atoms with van der Waals surface area (Å²) in [6, 6.07) is 0. The quantitative estimate of drug-likeness (QED) is 0.781. The molecule has 1 fully saturated rings. The molecular weight excluding hydrogens is 270 g/mol. The monoisotopic (exact) mass is 291 g/mol. The Bertz CT molecular complexity index is 237. The van der Waals surface area contributed by atoms with Crippen LogP contribution in [0, 0.1) is 5.92 Å². The molecule has 3 nitrogen and oxygen atoms in total. The Morgan fingerprint density at radius 2 is 1.94 bits per heavy atom. The number of amides is 1. The van der Waals surface area contributed by atoms with E-state index in [2.05, 4.69) is 21.2 Å². The fraction of sp³-hybridized carbons (Fsp3) is 0.917. The van der Waals surface area contributed by atoms with E-state index in [-0.39, 0.29) is 16.7 Å². The van der Waals surface area contributed by atoms with Crippen LogP contribution in [0.4, 0.5) is 0 Å². The molecule has 0 aromatic heterocycles. The van der Waals surface area contributed by atoms with Gasteiger partial charge in [0.25, 0.3) is 0 Å². The van der Waals surface area contributed by atoms with Crippen molar-refractivity contribution in [2.75, 3.05) is 6.54 Å². The molecule has 0 aliphatic heterocycles. The van der Waals surface area contributed by atoms with Crippen LogP contribution in [0.1, 0.15) is 46.0 Å². The minimum absolute atomic E-state index is 0.0194. The van der Waals surface area contributed by atoms with E-state index in [1.54, 1.807) is 0 Å². The van der Waals surface area contributed by atoms with E-state index in [4.69, 9.17) is 0 Å². The maximum atomic E-state index is 11.7. The first-order chi connectivity index (χ1) is 7.44. The molecule has 94 valence electrons. The summed E-state index contributed by atoms with van der Waals surface area (Å²) >= 11 is 3.36. The van der Waals surface area contributed by atoms with Gasteiger partial charge in [0.2, 0.25) is 5.91 Å². The average molecular weight is 292 g/mol. The summed E-state index contributed by atoms with van der Waals surface area (Å²) in [5.41, 5.74) is -0.669. The average Bonchev–Trinajstić information content (AvgIpc) is 2.26. The summed E-state index contributed by atoms with van der Waals surface area (Å²) in [6.07, 6.45) is 4.94. The Hall–Kier alpha value is -0.0900. The van der Waals surface area contributed by atoms with E-state index in [0.717, 1.165) is 25.7 Å². The van der Waals surface area contributed by atoms with E-state index in [1.807, 2.05) is 13.8 Å². The molecule has 0 radical (unpaired) electrons. The summed E-state index contributed by atoms with van der Waals surface area (Å²) in [4.78, 5) is 11.5. The predicted octanol–water partition coefficient (Wildman–Crippen LogP) is 2.22. The Labute approximate surface area is 106 Å². The first kappa shape index (κ1) is 14.0. The molecule has 2 N–H and O–H groups in total. The van der Waals surface area contributed by atoms with E-state index >= 15 is 0 Å². The summed E-state index contributed by atoms with van der Waals surface area (Å²) in [6.45, 7) is 4.38. The van der Waals surface area contributed by atoms with Crippen LogP contribution in [0.15, 0.2) is 0 Å².